The number of hydrogen-bond donors (Lipinski definition) is 0. The molecule has 1 fully saturated rings. The van der Waals surface area contributed by atoms with Crippen LogP contribution in [0.1, 0.15) is 42.6 Å². The van der Waals surface area contributed by atoms with E-state index in [2.05, 4.69) is 15.1 Å². The summed E-state index contributed by atoms with van der Waals surface area (Å²) in [4.78, 5) is 22.5. The second kappa shape index (κ2) is 8.52. The minimum absolute atomic E-state index is 0.000501. The van der Waals surface area contributed by atoms with Crippen molar-refractivity contribution in [3.05, 3.63) is 53.6 Å². The minimum Gasteiger partial charge on any atom is -0.494 e. The molecular weight excluding hydrogens is 411 g/mol. The van der Waals surface area contributed by atoms with Gasteiger partial charge in [-0.15, -0.1) is 0 Å². The van der Waals surface area contributed by atoms with Gasteiger partial charge in [-0.1, -0.05) is 12.1 Å². The summed E-state index contributed by atoms with van der Waals surface area (Å²) in [6, 6.07) is 8.45. The van der Waals surface area contributed by atoms with Crippen molar-refractivity contribution in [2.24, 2.45) is 0 Å². The van der Waals surface area contributed by atoms with Gasteiger partial charge in [0.15, 0.2) is 5.69 Å². The number of aromatic nitrogens is 4. The first-order chi connectivity index (χ1) is 14.8. The van der Waals surface area contributed by atoms with Gasteiger partial charge in [-0.3, -0.25) is 4.79 Å². The standard InChI is InChI=1S/C21H22F3N5O2/c1-2-31-16-5-3-14(4-6-16)11-19(30)28-9-7-15(8-10-28)17-12-18(21(22,23)24)29-20(27-17)25-13-26-29/h3-6,12-13,15H,2,7-11H2,1H3. The van der Waals surface area contributed by atoms with Crippen molar-refractivity contribution < 1.29 is 22.7 Å². The molecule has 1 amide bonds. The molecular formula is C21H22F3N5O2. The van der Waals surface area contributed by atoms with E-state index in [1.807, 2.05) is 31.2 Å². The number of carbonyl (C=O) groups excluding carboxylic acids is 1. The summed E-state index contributed by atoms with van der Waals surface area (Å²) in [6.45, 7) is 3.43. The molecule has 4 rings (SSSR count). The molecule has 1 aliphatic heterocycles. The largest absolute Gasteiger partial charge is 0.494 e. The summed E-state index contributed by atoms with van der Waals surface area (Å²) in [7, 11) is 0. The smallest absolute Gasteiger partial charge is 0.433 e. The molecule has 0 bridgehead atoms. The summed E-state index contributed by atoms with van der Waals surface area (Å²) in [5.74, 6) is 0.519. The first-order valence-corrected chi connectivity index (χ1v) is 10.1. The number of hydrogen-bond acceptors (Lipinski definition) is 5. The number of fused-ring (bicyclic) bond motifs is 1. The third-order valence-corrected chi connectivity index (χ3v) is 5.42. The lowest BCUT2D eigenvalue weighted by Crippen LogP contribution is -2.39. The van der Waals surface area contributed by atoms with Gasteiger partial charge in [0.1, 0.15) is 12.1 Å². The highest BCUT2D eigenvalue weighted by Crippen LogP contribution is 2.33. The Balaban J connectivity index is 1.41. The molecule has 3 aromatic rings. The van der Waals surface area contributed by atoms with Crippen molar-refractivity contribution in [3.8, 4) is 5.75 Å². The lowest BCUT2D eigenvalue weighted by Gasteiger charge is -2.32. The molecule has 3 heterocycles. The average molecular weight is 433 g/mol. The zero-order valence-corrected chi connectivity index (χ0v) is 17.0. The van der Waals surface area contributed by atoms with E-state index in [1.165, 1.54) is 0 Å². The van der Waals surface area contributed by atoms with Crippen molar-refractivity contribution in [1.82, 2.24) is 24.5 Å². The summed E-state index contributed by atoms with van der Waals surface area (Å²) in [5.41, 5.74) is 0.342. The first-order valence-electron chi connectivity index (χ1n) is 10.1. The minimum atomic E-state index is -4.56. The highest BCUT2D eigenvalue weighted by molar-refractivity contribution is 5.79. The van der Waals surface area contributed by atoms with Crippen molar-refractivity contribution in [1.29, 1.82) is 0 Å². The maximum absolute atomic E-state index is 13.4. The number of likely N-dealkylation sites (tertiary alicyclic amines) is 1. The molecule has 1 aromatic carbocycles. The number of benzene rings is 1. The first kappa shape index (κ1) is 21.1. The Morgan fingerprint density at radius 1 is 1.19 bits per heavy atom. The second-order valence-corrected chi connectivity index (χ2v) is 7.44. The molecule has 0 saturated carbocycles. The Kier molecular flexibility index (Phi) is 5.79. The van der Waals surface area contributed by atoms with Gasteiger partial charge >= 0.3 is 6.18 Å². The van der Waals surface area contributed by atoms with Gasteiger partial charge in [0.05, 0.1) is 13.0 Å². The van der Waals surface area contributed by atoms with Crippen molar-refractivity contribution in [3.63, 3.8) is 0 Å². The van der Waals surface area contributed by atoms with E-state index < -0.39 is 11.9 Å². The van der Waals surface area contributed by atoms with Crippen LogP contribution in [0.5, 0.6) is 5.75 Å². The normalized spacial score (nSPS) is 15.4. The lowest BCUT2D eigenvalue weighted by atomic mass is 9.92. The van der Waals surface area contributed by atoms with Crippen LogP contribution in [0.15, 0.2) is 36.7 Å². The third-order valence-electron chi connectivity index (χ3n) is 5.42. The van der Waals surface area contributed by atoms with Gasteiger partial charge in [-0.05, 0) is 43.5 Å². The fourth-order valence-electron chi connectivity index (χ4n) is 3.82. The molecule has 0 atom stereocenters. The fourth-order valence-corrected chi connectivity index (χ4v) is 3.82. The summed E-state index contributed by atoms with van der Waals surface area (Å²) >= 11 is 0. The van der Waals surface area contributed by atoms with Gasteiger partial charge in [0.2, 0.25) is 5.91 Å². The summed E-state index contributed by atoms with van der Waals surface area (Å²) in [6.07, 6.45) is -2.13. The molecule has 0 spiro atoms. The van der Waals surface area contributed by atoms with Crippen molar-refractivity contribution in [2.75, 3.05) is 19.7 Å². The molecule has 0 aliphatic carbocycles. The van der Waals surface area contributed by atoms with Crippen LogP contribution in [0.3, 0.4) is 0 Å². The maximum atomic E-state index is 13.4. The van der Waals surface area contributed by atoms with Crippen LogP contribution < -0.4 is 4.74 Å². The molecule has 31 heavy (non-hydrogen) atoms. The molecule has 0 unspecified atom stereocenters. The van der Waals surface area contributed by atoms with Gasteiger partial charge < -0.3 is 9.64 Å². The topological polar surface area (TPSA) is 72.6 Å². The van der Waals surface area contributed by atoms with Gasteiger partial charge in [-0.2, -0.15) is 27.8 Å². The Hall–Kier alpha value is -3.17. The lowest BCUT2D eigenvalue weighted by molar-refractivity contribution is -0.142. The third kappa shape index (κ3) is 4.62. The highest BCUT2D eigenvalue weighted by atomic mass is 19.4. The Morgan fingerprint density at radius 3 is 2.55 bits per heavy atom. The number of alkyl halides is 3. The van der Waals surface area contributed by atoms with E-state index in [-0.39, 0.29) is 24.0 Å². The van der Waals surface area contributed by atoms with Crippen LogP contribution in [0.2, 0.25) is 0 Å². The molecule has 0 radical (unpaired) electrons. The van der Waals surface area contributed by atoms with Crippen molar-refractivity contribution >= 4 is 11.7 Å². The van der Waals surface area contributed by atoms with E-state index in [4.69, 9.17) is 4.74 Å². The number of nitrogens with zero attached hydrogens (tertiary/aromatic N) is 5. The predicted molar refractivity (Wildman–Crippen MR) is 106 cm³/mol. The van der Waals surface area contributed by atoms with Crippen LogP contribution in [0.25, 0.3) is 5.78 Å². The van der Waals surface area contributed by atoms with Gasteiger partial charge in [-0.25, -0.2) is 4.98 Å². The molecule has 1 aliphatic rings. The molecule has 7 nitrogen and oxygen atoms in total. The van der Waals surface area contributed by atoms with Crippen LogP contribution in [-0.4, -0.2) is 50.1 Å². The molecule has 164 valence electrons. The summed E-state index contributed by atoms with van der Waals surface area (Å²) < 4.78 is 46.3. The molecule has 0 N–H and O–H groups in total. The Bertz CT molecular complexity index is 1060. The highest BCUT2D eigenvalue weighted by Gasteiger charge is 2.36. The quantitative estimate of drug-likeness (QED) is 0.616. The number of halogens is 3. The number of rotatable bonds is 5. The second-order valence-electron chi connectivity index (χ2n) is 7.44. The number of ether oxygens (including phenoxy) is 1. The molecule has 1 saturated heterocycles. The number of piperidine rings is 1. The van der Waals surface area contributed by atoms with E-state index >= 15 is 0 Å². The molecule has 10 heteroatoms. The van der Waals surface area contributed by atoms with Gasteiger partial charge in [0.25, 0.3) is 5.78 Å². The molecule has 2 aromatic heterocycles. The SMILES string of the molecule is CCOc1ccc(CC(=O)N2CCC(c3cc(C(F)(F)F)n4ncnc4n3)CC2)cc1. The maximum Gasteiger partial charge on any atom is 0.433 e. The van der Waals surface area contributed by atoms with Crippen LogP contribution in [0.4, 0.5) is 13.2 Å². The number of amides is 1. The monoisotopic (exact) mass is 433 g/mol. The zero-order chi connectivity index (χ0) is 22.0. The van der Waals surface area contributed by atoms with Crippen molar-refractivity contribution in [2.45, 2.75) is 38.3 Å². The zero-order valence-electron chi connectivity index (χ0n) is 17.0. The fraction of sp³-hybridized carbons (Fsp3) is 0.429. The number of carbonyl (C=O) groups is 1. The Morgan fingerprint density at radius 2 is 1.90 bits per heavy atom. The van der Waals surface area contributed by atoms with Crippen LogP contribution >= 0.6 is 0 Å². The Labute approximate surface area is 176 Å². The van der Waals surface area contributed by atoms with Crippen LogP contribution in [0, 0.1) is 0 Å². The average Bonchev–Trinajstić information content (AvgIpc) is 3.22. The summed E-state index contributed by atoms with van der Waals surface area (Å²) in [5, 5.41) is 3.62. The van der Waals surface area contributed by atoms with Gasteiger partial charge in [0, 0.05) is 24.7 Å². The van der Waals surface area contributed by atoms with E-state index in [9.17, 15) is 18.0 Å². The van der Waals surface area contributed by atoms with Crippen LogP contribution in [-0.2, 0) is 17.4 Å². The van der Waals surface area contributed by atoms with E-state index in [1.54, 1.807) is 4.90 Å². The predicted octanol–water partition coefficient (Wildman–Crippen LogP) is 3.49. The van der Waals surface area contributed by atoms with E-state index in [0.717, 1.165) is 23.7 Å². The van der Waals surface area contributed by atoms with E-state index in [0.29, 0.717) is 42.7 Å².